The molecule has 4 saturated carbocycles. The van der Waals surface area contributed by atoms with Crippen LogP contribution in [0.25, 0.3) is 0 Å². The highest BCUT2D eigenvalue weighted by Gasteiger charge is 2.61. The van der Waals surface area contributed by atoms with E-state index < -0.39 is 5.97 Å². The molecular formula is C28H44O6. The molecule has 5 aliphatic carbocycles. The van der Waals surface area contributed by atoms with Crippen molar-refractivity contribution in [2.75, 3.05) is 13.7 Å². The number of hydrogen-bond donors (Lipinski definition) is 2. The summed E-state index contributed by atoms with van der Waals surface area (Å²) in [6.45, 7) is 3.78. The molecule has 0 aromatic carbocycles. The summed E-state index contributed by atoms with van der Waals surface area (Å²) < 4.78 is 12.9. The monoisotopic (exact) mass is 476 g/mol. The van der Waals surface area contributed by atoms with E-state index in [0.29, 0.717) is 24.2 Å². The van der Waals surface area contributed by atoms with Crippen LogP contribution in [0.4, 0.5) is 0 Å². The Morgan fingerprint density at radius 3 is 2.38 bits per heavy atom. The van der Waals surface area contributed by atoms with Crippen molar-refractivity contribution >= 4 is 11.8 Å². The van der Waals surface area contributed by atoms with Crippen LogP contribution in [-0.4, -0.2) is 47.6 Å². The standard InChI is InChI=1S/C26H40O4.C2H4O2/c1-24-14-11-22-20(7-6-18-16-19(28)10-15-25(18,22)17-27)21(24)8-9-23(24)30-26(29-2)12-4-3-5-13-26;1-2(3)4/h16,20-23,27H,3-15,17H2,1-2H3;1H3,(H,3,4)/t20-,21-,22-,23-,24-,25+;/m0./s1. The van der Waals surface area contributed by atoms with Crippen molar-refractivity contribution in [3.8, 4) is 0 Å². The van der Waals surface area contributed by atoms with Crippen molar-refractivity contribution in [2.24, 2.45) is 28.6 Å². The van der Waals surface area contributed by atoms with Crippen LogP contribution in [0.1, 0.15) is 97.3 Å². The topological polar surface area (TPSA) is 93.1 Å². The second kappa shape index (κ2) is 10.0. The molecule has 0 radical (unpaired) electrons. The van der Waals surface area contributed by atoms with E-state index in [1.54, 1.807) is 0 Å². The molecule has 5 rings (SSSR count). The number of methoxy groups -OCH3 is 1. The summed E-state index contributed by atoms with van der Waals surface area (Å²) >= 11 is 0. The Morgan fingerprint density at radius 2 is 1.74 bits per heavy atom. The highest BCUT2D eigenvalue weighted by atomic mass is 16.7. The second-order valence-corrected chi connectivity index (χ2v) is 11.8. The molecule has 6 nitrogen and oxygen atoms in total. The second-order valence-electron chi connectivity index (χ2n) is 11.8. The van der Waals surface area contributed by atoms with Gasteiger partial charge in [-0.15, -0.1) is 0 Å². The first-order chi connectivity index (χ1) is 16.2. The molecule has 0 aromatic rings. The van der Waals surface area contributed by atoms with Crippen LogP contribution < -0.4 is 0 Å². The molecule has 6 atom stereocenters. The van der Waals surface area contributed by atoms with Crippen LogP contribution >= 0.6 is 0 Å². The quantitative estimate of drug-likeness (QED) is 0.537. The zero-order valence-corrected chi connectivity index (χ0v) is 21.3. The zero-order valence-electron chi connectivity index (χ0n) is 21.3. The summed E-state index contributed by atoms with van der Waals surface area (Å²) in [6, 6.07) is 0. The Labute approximate surface area is 204 Å². The van der Waals surface area contributed by atoms with Gasteiger partial charge in [0.05, 0.1) is 12.7 Å². The molecule has 6 heteroatoms. The summed E-state index contributed by atoms with van der Waals surface area (Å²) in [5.41, 5.74) is 1.35. The van der Waals surface area contributed by atoms with Crippen LogP contribution in [0.2, 0.25) is 0 Å². The van der Waals surface area contributed by atoms with Gasteiger partial charge in [0.15, 0.2) is 11.6 Å². The zero-order chi connectivity index (χ0) is 24.6. The number of fused-ring (bicyclic) bond motifs is 5. The fourth-order valence-electron chi connectivity index (χ4n) is 8.52. The van der Waals surface area contributed by atoms with Gasteiger partial charge in [-0.05, 0) is 87.0 Å². The Hall–Kier alpha value is -1.24. The number of carboxylic acid groups (broad SMARTS) is 1. The number of aliphatic hydroxyl groups excluding tert-OH is 1. The van der Waals surface area contributed by atoms with Crippen molar-refractivity contribution in [1.82, 2.24) is 0 Å². The Balaban J connectivity index is 0.000000636. The molecule has 2 N–H and O–H groups in total. The summed E-state index contributed by atoms with van der Waals surface area (Å²) in [5, 5.41) is 18.0. The maximum Gasteiger partial charge on any atom is 0.300 e. The Kier molecular flexibility index (Phi) is 7.62. The van der Waals surface area contributed by atoms with Crippen molar-refractivity contribution < 1.29 is 29.3 Å². The molecule has 5 aliphatic rings. The van der Waals surface area contributed by atoms with Crippen LogP contribution in [0.3, 0.4) is 0 Å². The van der Waals surface area contributed by atoms with Crippen molar-refractivity contribution in [3.05, 3.63) is 11.6 Å². The van der Waals surface area contributed by atoms with Gasteiger partial charge in [0.25, 0.3) is 5.97 Å². The number of ether oxygens (including phenoxy) is 2. The highest BCUT2D eigenvalue weighted by Crippen LogP contribution is 2.66. The van der Waals surface area contributed by atoms with Crippen molar-refractivity contribution in [2.45, 2.75) is 109 Å². The van der Waals surface area contributed by atoms with Gasteiger partial charge in [-0.2, -0.15) is 0 Å². The molecule has 0 aliphatic heterocycles. The SMILES string of the molecule is CC(=O)O.COC1(O[C@H]2CC[C@H]3[C@@H]4CCC5=CC(=O)CC[C@]5(CO)[C@H]4CC[C@]23C)CCCCC1. The third-order valence-electron chi connectivity index (χ3n) is 10.2. The van der Waals surface area contributed by atoms with E-state index in [2.05, 4.69) is 6.92 Å². The predicted molar refractivity (Wildman–Crippen MR) is 129 cm³/mol. The minimum absolute atomic E-state index is 0.131. The van der Waals surface area contributed by atoms with Gasteiger partial charge >= 0.3 is 0 Å². The molecule has 0 unspecified atom stereocenters. The number of hydrogen-bond acceptors (Lipinski definition) is 5. The number of carbonyl (C=O) groups is 2. The predicted octanol–water partition coefficient (Wildman–Crippen LogP) is 5.27. The molecule has 0 aromatic heterocycles. The third-order valence-corrected chi connectivity index (χ3v) is 10.2. The van der Waals surface area contributed by atoms with Gasteiger partial charge in [-0.25, -0.2) is 0 Å². The van der Waals surface area contributed by atoms with E-state index >= 15 is 0 Å². The molecule has 0 spiro atoms. The van der Waals surface area contributed by atoms with E-state index in [0.717, 1.165) is 45.4 Å². The first-order valence-corrected chi connectivity index (χ1v) is 13.5. The fourth-order valence-corrected chi connectivity index (χ4v) is 8.52. The number of carbonyl (C=O) groups excluding carboxylic acids is 1. The summed E-state index contributed by atoms with van der Waals surface area (Å²) in [7, 11) is 1.83. The first kappa shape index (κ1) is 25.8. The smallest absolute Gasteiger partial charge is 0.300 e. The normalized spacial score (nSPS) is 40.7. The van der Waals surface area contributed by atoms with Gasteiger partial charge in [-0.3, -0.25) is 9.59 Å². The molecule has 0 saturated heterocycles. The minimum atomic E-state index is -0.833. The lowest BCUT2D eigenvalue weighted by Gasteiger charge is -2.58. The van der Waals surface area contributed by atoms with Crippen LogP contribution in [-0.2, 0) is 19.1 Å². The third kappa shape index (κ3) is 4.51. The lowest BCUT2D eigenvalue weighted by Crippen LogP contribution is -2.54. The molecule has 0 heterocycles. The first-order valence-electron chi connectivity index (χ1n) is 13.5. The van der Waals surface area contributed by atoms with Gasteiger partial charge in [0, 0.05) is 38.7 Å². The number of rotatable bonds is 4. The Bertz CT molecular complexity index is 795. The van der Waals surface area contributed by atoms with Gasteiger partial charge in [0.2, 0.25) is 0 Å². The molecule has 192 valence electrons. The van der Waals surface area contributed by atoms with E-state index in [1.807, 2.05) is 13.2 Å². The molecule has 34 heavy (non-hydrogen) atoms. The van der Waals surface area contributed by atoms with Gasteiger partial charge in [0.1, 0.15) is 0 Å². The largest absolute Gasteiger partial charge is 0.481 e. The van der Waals surface area contributed by atoms with Crippen LogP contribution in [0.5, 0.6) is 0 Å². The fraction of sp³-hybridized carbons (Fsp3) is 0.857. The number of ketones is 1. The summed E-state index contributed by atoms with van der Waals surface area (Å²) in [5.74, 6) is 0.912. The lowest BCUT2D eigenvalue weighted by atomic mass is 9.47. The van der Waals surface area contributed by atoms with Crippen LogP contribution in [0.15, 0.2) is 11.6 Å². The molecule has 0 bridgehead atoms. The number of aliphatic hydroxyl groups is 1. The average Bonchev–Trinajstić information content (AvgIpc) is 3.15. The average molecular weight is 477 g/mol. The minimum Gasteiger partial charge on any atom is -0.481 e. The molecule has 0 amide bonds. The highest BCUT2D eigenvalue weighted by molar-refractivity contribution is 5.91. The summed E-state index contributed by atoms with van der Waals surface area (Å²) in [4.78, 5) is 21.1. The number of aliphatic carboxylic acids is 1. The summed E-state index contributed by atoms with van der Waals surface area (Å²) in [6.07, 6.45) is 16.3. The van der Waals surface area contributed by atoms with Crippen molar-refractivity contribution in [3.63, 3.8) is 0 Å². The van der Waals surface area contributed by atoms with Crippen LogP contribution in [0, 0.1) is 28.6 Å². The maximum atomic E-state index is 12.1. The number of carboxylic acids is 1. The maximum absolute atomic E-state index is 12.1. The van der Waals surface area contributed by atoms with E-state index in [1.165, 1.54) is 44.1 Å². The lowest BCUT2D eigenvalue weighted by molar-refractivity contribution is -0.280. The van der Waals surface area contributed by atoms with Gasteiger partial charge < -0.3 is 19.7 Å². The molecular weight excluding hydrogens is 432 g/mol. The Morgan fingerprint density at radius 1 is 1.03 bits per heavy atom. The van der Waals surface area contributed by atoms with E-state index in [-0.39, 0.29) is 35.1 Å². The van der Waals surface area contributed by atoms with E-state index in [9.17, 15) is 9.90 Å². The van der Waals surface area contributed by atoms with Gasteiger partial charge in [-0.1, -0.05) is 18.9 Å². The van der Waals surface area contributed by atoms with E-state index in [4.69, 9.17) is 19.4 Å². The molecule has 4 fully saturated rings. The van der Waals surface area contributed by atoms with Crippen molar-refractivity contribution in [1.29, 1.82) is 0 Å².